The van der Waals surface area contributed by atoms with Crippen LogP contribution in [0.5, 0.6) is 5.75 Å². The number of nitrogens with zero attached hydrogens (tertiary/aromatic N) is 1. The van der Waals surface area contributed by atoms with Gasteiger partial charge in [-0.1, -0.05) is 0 Å². The lowest BCUT2D eigenvalue weighted by Crippen LogP contribution is -2.40. The molecule has 0 saturated heterocycles. The van der Waals surface area contributed by atoms with Crippen molar-refractivity contribution in [1.29, 1.82) is 0 Å². The molecule has 1 rings (SSSR count). The third-order valence-corrected chi connectivity index (χ3v) is 3.14. The Kier molecular flexibility index (Phi) is 5.23. The number of nitro groups is 1. The maximum atomic E-state index is 12.1. The number of amides is 1. The molecule has 1 aromatic rings. The van der Waals surface area contributed by atoms with E-state index in [0.29, 0.717) is 0 Å². The third-order valence-electron chi connectivity index (χ3n) is 3.14. The van der Waals surface area contributed by atoms with Gasteiger partial charge >= 0.3 is 5.97 Å². The Bertz CT molecular complexity index is 572. The molecule has 0 fully saturated rings. The highest BCUT2D eigenvalue weighted by molar-refractivity contribution is 5.97. The Morgan fingerprint density at radius 1 is 1.38 bits per heavy atom. The molecule has 0 aromatic heterocycles. The quantitative estimate of drug-likeness (QED) is 0.605. The first kappa shape index (κ1) is 16.4. The maximum absolute atomic E-state index is 12.1. The topological polar surface area (TPSA) is 119 Å². The number of hydrogen-bond acceptors (Lipinski definition) is 5. The second kappa shape index (κ2) is 6.69. The van der Waals surface area contributed by atoms with Crippen LogP contribution < -0.4 is 10.1 Å². The largest absolute Gasteiger partial charge is 0.496 e. The lowest BCUT2D eigenvalue weighted by atomic mass is 10.0. The summed E-state index contributed by atoms with van der Waals surface area (Å²) in [5.41, 5.74) is -0.0945. The predicted molar refractivity (Wildman–Crippen MR) is 73.4 cm³/mol. The Balaban J connectivity index is 2.97. The molecule has 2 atom stereocenters. The lowest BCUT2D eigenvalue weighted by Gasteiger charge is -2.18. The fourth-order valence-electron chi connectivity index (χ4n) is 1.60. The summed E-state index contributed by atoms with van der Waals surface area (Å²) < 4.78 is 4.97. The molecule has 0 saturated carbocycles. The van der Waals surface area contributed by atoms with Gasteiger partial charge in [-0.25, -0.2) is 0 Å². The van der Waals surface area contributed by atoms with Crippen LogP contribution in [0, 0.1) is 16.0 Å². The SMILES string of the molecule is COc1cc([N+](=O)[O-])ccc1C(=O)NC(C)C(C)C(=O)O. The van der Waals surface area contributed by atoms with Gasteiger partial charge in [0.15, 0.2) is 0 Å². The fourth-order valence-corrected chi connectivity index (χ4v) is 1.60. The van der Waals surface area contributed by atoms with Gasteiger partial charge < -0.3 is 15.2 Å². The number of rotatable bonds is 6. The van der Waals surface area contributed by atoms with E-state index in [-0.39, 0.29) is 17.0 Å². The van der Waals surface area contributed by atoms with E-state index in [9.17, 15) is 19.7 Å². The van der Waals surface area contributed by atoms with Gasteiger partial charge in [0.25, 0.3) is 11.6 Å². The minimum Gasteiger partial charge on any atom is -0.496 e. The Morgan fingerprint density at radius 2 is 2.00 bits per heavy atom. The van der Waals surface area contributed by atoms with E-state index in [1.54, 1.807) is 6.92 Å². The average molecular weight is 296 g/mol. The van der Waals surface area contributed by atoms with Crippen LogP contribution >= 0.6 is 0 Å². The van der Waals surface area contributed by atoms with Crippen LogP contribution in [0.25, 0.3) is 0 Å². The monoisotopic (exact) mass is 296 g/mol. The Labute approximate surface area is 120 Å². The number of hydrogen-bond donors (Lipinski definition) is 2. The van der Waals surface area contributed by atoms with Crippen molar-refractivity contribution in [3.8, 4) is 5.75 Å². The van der Waals surface area contributed by atoms with Crippen LogP contribution in [0.4, 0.5) is 5.69 Å². The first-order valence-electron chi connectivity index (χ1n) is 6.14. The van der Waals surface area contributed by atoms with Gasteiger partial charge in [-0.2, -0.15) is 0 Å². The molecule has 114 valence electrons. The van der Waals surface area contributed by atoms with Crippen molar-refractivity contribution in [1.82, 2.24) is 5.32 Å². The van der Waals surface area contributed by atoms with Crippen LogP contribution in [-0.4, -0.2) is 35.1 Å². The van der Waals surface area contributed by atoms with Crippen molar-refractivity contribution in [2.75, 3.05) is 7.11 Å². The minimum atomic E-state index is -1.03. The van der Waals surface area contributed by atoms with Crippen molar-refractivity contribution in [3.05, 3.63) is 33.9 Å². The molecule has 0 radical (unpaired) electrons. The lowest BCUT2D eigenvalue weighted by molar-refractivity contribution is -0.384. The van der Waals surface area contributed by atoms with Crippen LogP contribution in [0.3, 0.4) is 0 Å². The normalized spacial score (nSPS) is 13.1. The summed E-state index contributed by atoms with van der Waals surface area (Å²) in [4.78, 5) is 33.0. The van der Waals surface area contributed by atoms with E-state index < -0.39 is 28.8 Å². The fraction of sp³-hybridized carbons (Fsp3) is 0.385. The molecular weight excluding hydrogens is 280 g/mol. The molecule has 8 heteroatoms. The van der Waals surface area contributed by atoms with Crippen molar-refractivity contribution < 1.29 is 24.4 Å². The maximum Gasteiger partial charge on any atom is 0.308 e. The summed E-state index contributed by atoms with van der Waals surface area (Å²) in [6, 6.07) is 2.99. The Hall–Kier alpha value is -2.64. The highest BCUT2D eigenvalue weighted by Gasteiger charge is 2.23. The van der Waals surface area contributed by atoms with Gasteiger partial charge in [-0.05, 0) is 19.9 Å². The van der Waals surface area contributed by atoms with Crippen molar-refractivity contribution in [2.45, 2.75) is 19.9 Å². The molecule has 21 heavy (non-hydrogen) atoms. The number of methoxy groups -OCH3 is 1. The second-order valence-electron chi connectivity index (χ2n) is 4.53. The second-order valence-corrected chi connectivity index (χ2v) is 4.53. The molecule has 2 N–H and O–H groups in total. The van der Waals surface area contributed by atoms with Gasteiger partial charge in [0.05, 0.1) is 29.6 Å². The molecule has 0 aliphatic heterocycles. The number of carbonyl (C=O) groups excluding carboxylic acids is 1. The average Bonchev–Trinajstić information content (AvgIpc) is 2.45. The summed E-state index contributed by atoms with van der Waals surface area (Å²) in [6.45, 7) is 3.04. The summed E-state index contributed by atoms with van der Waals surface area (Å²) in [7, 11) is 1.29. The van der Waals surface area contributed by atoms with Crippen molar-refractivity contribution >= 4 is 17.6 Å². The zero-order valence-electron chi connectivity index (χ0n) is 11.8. The molecule has 8 nitrogen and oxygen atoms in total. The molecular formula is C13H16N2O6. The number of nitrogens with one attached hydrogen (secondary N) is 1. The predicted octanol–water partition coefficient (Wildman–Crippen LogP) is 1.44. The van der Waals surface area contributed by atoms with E-state index >= 15 is 0 Å². The molecule has 1 amide bonds. The third kappa shape index (κ3) is 3.91. The first-order valence-corrected chi connectivity index (χ1v) is 6.14. The summed E-state index contributed by atoms with van der Waals surface area (Å²) >= 11 is 0. The van der Waals surface area contributed by atoms with Crippen molar-refractivity contribution in [3.63, 3.8) is 0 Å². The van der Waals surface area contributed by atoms with Gasteiger partial charge in [0.2, 0.25) is 0 Å². The summed E-state index contributed by atoms with van der Waals surface area (Å²) in [5, 5.41) is 22.1. The summed E-state index contributed by atoms with van der Waals surface area (Å²) in [6.07, 6.45) is 0. The van der Waals surface area contributed by atoms with Crippen LogP contribution in [0.15, 0.2) is 18.2 Å². The van der Waals surface area contributed by atoms with Gasteiger partial charge in [0.1, 0.15) is 5.75 Å². The highest BCUT2D eigenvalue weighted by atomic mass is 16.6. The Morgan fingerprint density at radius 3 is 2.48 bits per heavy atom. The number of non-ortho nitro benzene ring substituents is 1. The van der Waals surface area contributed by atoms with Gasteiger partial charge in [-0.15, -0.1) is 0 Å². The zero-order chi connectivity index (χ0) is 16.2. The minimum absolute atomic E-state index is 0.0527. The number of ether oxygens (including phenoxy) is 1. The summed E-state index contributed by atoms with van der Waals surface area (Å²) in [5.74, 6) is -2.30. The number of nitro benzene ring substituents is 1. The molecule has 0 aliphatic carbocycles. The number of carboxylic acid groups (broad SMARTS) is 1. The zero-order valence-corrected chi connectivity index (χ0v) is 11.8. The smallest absolute Gasteiger partial charge is 0.308 e. The van der Waals surface area contributed by atoms with Crippen LogP contribution in [-0.2, 0) is 4.79 Å². The first-order chi connectivity index (χ1) is 9.77. The number of carbonyl (C=O) groups is 2. The number of aliphatic carboxylic acids is 1. The molecule has 0 spiro atoms. The molecule has 0 aliphatic rings. The molecule has 1 aromatic carbocycles. The van der Waals surface area contributed by atoms with E-state index in [0.717, 1.165) is 6.07 Å². The number of carboxylic acids is 1. The van der Waals surface area contributed by atoms with E-state index in [4.69, 9.17) is 9.84 Å². The molecule has 2 unspecified atom stereocenters. The van der Waals surface area contributed by atoms with E-state index in [1.807, 2.05) is 0 Å². The van der Waals surface area contributed by atoms with E-state index in [2.05, 4.69) is 5.32 Å². The molecule has 0 bridgehead atoms. The number of benzene rings is 1. The van der Waals surface area contributed by atoms with Gasteiger partial charge in [0, 0.05) is 12.1 Å². The van der Waals surface area contributed by atoms with E-state index in [1.165, 1.54) is 26.2 Å². The standard InChI is InChI=1S/C13H16N2O6/c1-7(13(17)18)8(2)14-12(16)10-5-4-9(15(19)20)6-11(10)21-3/h4-8H,1-3H3,(H,14,16)(H,17,18). The highest BCUT2D eigenvalue weighted by Crippen LogP contribution is 2.24. The van der Waals surface area contributed by atoms with Crippen LogP contribution in [0.2, 0.25) is 0 Å². The molecule has 0 heterocycles. The van der Waals surface area contributed by atoms with Crippen LogP contribution in [0.1, 0.15) is 24.2 Å². The van der Waals surface area contributed by atoms with Gasteiger partial charge in [-0.3, -0.25) is 19.7 Å². The van der Waals surface area contributed by atoms with Crippen molar-refractivity contribution in [2.24, 2.45) is 5.92 Å².